The van der Waals surface area contributed by atoms with E-state index >= 15 is 0 Å². The monoisotopic (exact) mass is 567 g/mol. The molecule has 2 heterocycles. The molecule has 2 aliphatic rings. The Kier molecular flexibility index (Phi) is 8.32. The molecule has 0 aliphatic carbocycles. The molecule has 41 heavy (non-hydrogen) atoms. The highest BCUT2D eigenvalue weighted by molar-refractivity contribution is 5.78. The second kappa shape index (κ2) is 11.8. The van der Waals surface area contributed by atoms with E-state index in [-0.39, 0.29) is 24.4 Å². The van der Waals surface area contributed by atoms with Gasteiger partial charge in [0, 0.05) is 30.0 Å². The van der Waals surface area contributed by atoms with Crippen LogP contribution in [0.5, 0.6) is 17.2 Å². The summed E-state index contributed by atoms with van der Waals surface area (Å²) in [7, 11) is 0. The Labute approximate surface area is 239 Å². The normalized spacial score (nSPS) is 19.4. The van der Waals surface area contributed by atoms with Crippen molar-refractivity contribution in [2.24, 2.45) is 5.41 Å². The third-order valence-electron chi connectivity index (χ3n) is 7.74. The van der Waals surface area contributed by atoms with E-state index in [1.165, 1.54) is 25.0 Å². The lowest BCUT2D eigenvalue weighted by Gasteiger charge is -2.35. The Hall–Kier alpha value is -3.52. The molecule has 8 heteroatoms. The first kappa shape index (κ1) is 29.0. The number of nitrogens with zero attached hydrogens (tertiary/aromatic N) is 1. The van der Waals surface area contributed by atoms with Gasteiger partial charge in [-0.15, -0.1) is 0 Å². The van der Waals surface area contributed by atoms with Gasteiger partial charge in [-0.05, 0) is 88.2 Å². The quantitative estimate of drug-likeness (QED) is 0.219. The standard InChI is InChI=1S/C33H36F3NO4/c1-32(2,3)31(38)41-26-14-15-27-29(20-26)40-21-28(22-6-10-24(11-7-22)33(34,35)36)30(27)23-8-12-25(13-9-23)39-19-18-37-16-4-5-17-37/h6-15,20,28,30H,4-5,16-19,21H2,1-3H3. The molecule has 2 atom stereocenters. The van der Waals surface area contributed by atoms with Crippen molar-refractivity contribution < 1.29 is 32.2 Å². The smallest absolute Gasteiger partial charge is 0.416 e. The molecule has 0 aromatic heterocycles. The Morgan fingerprint density at radius 2 is 1.54 bits per heavy atom. The minimum absolute atomic E-state index is 0.193. The molecule has 3 aromatic rings. The fourth-order valence-corrected chi connectivity index (χ4v) is 5.40. The zero-order chi connectivity index (χ0) is 29.2. The van der Waals surface area contributed by atoms with E-state index in [0.29, 0.717) is 18.1 Å². The van der Waals surface area contributed by atoms with Crippen LogP contribution in [0.2, 0.25) is 0 Å². The molecule has 0 N–H and O–H groups in total. The van der Waals surface area contributed by atoms with Gasteiger partial charge in [0.15, 0.2) is 0 Å². The summed E-state index contributed by atoms with van der Waals surface area (Å²) < 4.78 is 57.4. The second-order valence-electron chi connectivity index (χ2n) is 11.8. The number of carbonyl (C=O) groups is 1. The third-order valence-corrected chi connectivity index (χ3v) is 7.74. The van der Waals surface area contributed by atoms with Crippen LogP contribution in [0.1, 0.15) is 67.7 Å². The van der Waals surface area contributed by atoms with Crippen molar-refractivity contribution in [1.82, 2.24) is 4.90 Å². The average Bonchev–Trinajstić information content (AvgIpc) is 3.45. The Morgan fingerprint density at radius 3 is 2.17 bits per heavy atom. The van der Waals surface area contributed by atoms with Gasteiger partial charge in [0.05, 0.1) is 17.6 Å². The number of esters is 1. The summed E-state index contributed by atoms with van der Waals surface area (Å²) in [6.45, 7) is 9.37. The number of hydrogen-bond donors (Lipinski definition) is 0. The van der Waals surface area contributed by atoms with Crippen molar-refractivity contribution in [3.8, 4) is 17.2 Å². The molecule has 218 valence electrons. The topological polar surface area (TPSA) is 48.0 Å². The molecular weight excluding hydrogens is 531 g/mol. The SMILES string of the molecule is CC(C)(C)C(=O)Oc1ccc2c(c1)OCC(c1ccc(C(F)(F)F)cc1)C2c1ccc(OCCN2CCCC2)cc1. The zero-order valence-corrected chi connectivity index (χ0v) is 23.7. The molecule has 2 unspecified atom stereocenters. The summed E-state index contributed by atoms with van der Waals surface area (Å²) in [4.78, 5) is 14.8. The lowest BCUT2D eigenvalue weighted by atomic mass is 9.75. The maximum atomic E-state index is 13.2. The summed E-state index contributed by atoms with van der Waals surface area (Å²) in [6, 6.07) is 18.5. The van der Waals surface area contributed by atoms with E-state index in [2.05, 4.69) is 4.90 Å². The number of hydrogen-bond acceptors (Lipinski definition) is 5. The van der Waals surface area contributed by atoms with Crippen molar-refractivity contribution in [2.75, 3.05) is 32.8 Å². The van der Waals surface area contributed by atoms with Gasteiger partial charge in [-0.3, -0.25) is 9.69 Å². The lowest BCUT2D eigenvalue weighted by Crippen LogP contribution is -2.27. The Bertz CT molecular complexity index is 1340. The van der Waals surface area contributed by atoms with Crippen molar-refractivity contribution in [2.45, 2.75) is 51.6 Å². The number of benzene rings is 3. The van der Waals surface area contributed by atoms with E-state index in [4.69, 9.17) is 14.2 Å². The van der Waals surface area contributed by atoms with Crippen LogP contribution in [0.3, 0.4) is 0 Å². The zero-order valence-electron chi connectivity index (χ0n) is 23.7. The molecule has 0 saturated carbocycles. The van der Waals surface area contributed by atoms with E-state index in [1.54, 1.807) is 32.9 Å². The van der Waals surface area contributed by atoms with Crippen molar-refractivity contribution >= 4 is 5.97 Å². The fraction of sp³-hybridized carbons (Fsp3) is 0.424. The Morgan fingerprint density at radius 1 is 0.902 bits per heavy atom. The van der Waals surface area contributed by atoms with Gasteiger partial charge >= 0.3 is 12.1 Å². The average molecular weight is 568 g/mol. The fourth-order valence-electron chi connectivity index (χ4n) is 5.40. The summed E-state index contributed by atoms with van der Waals surface area (Å²) >= 11 is 0. The van der Waals surface area contributed by atoms with Crippen molar-refractivity contribution in [1.29, 1.82) is 0 Å². The first-order chi connectivity index (χ1) is 19.5. The largest absolute Gasteiger partial charge is 0.492 e. The van der Waals surface area contributed by atoms with Gasteiger partial charge in [0.1, 0.15) is 23.9 Å². The Balaban J connectivity index is 1.42. The molecule has 2 aliphatic heterocycles. The third kappa shape index (κ3) is 6.87. The van der Waals surface area contributed by atoms with E-state index in [9.17, 15) is 18.0 Å². The lowest BCUT2D eigenvalue weighted by molar-refractivity contribution is -0.143. The molecule has 0 amide bonds. The molecule has 0 spiro atoms. The molecule has 5 rings (SSSR count). The summed E-state index contributed by atoms with van der Waals surface area (Å²) in [5, 5.41) is 0. The van der Waals surface area contributed by atoms with Crippen LogP contribution in [0.15, 0.2) is 66.7 Å². The molecule has 5 nitrogen and oxygen atoms in total. The van der Waals surface area contributed by atoms with Gasteiger partial charge in [-0.25, -0.2) is 0 Å². The van der Waals surface area contributed by atoms with Gasteiger partial charge in [0.2, 0.25) is 0 Å². The first-order valence-electron chi connectivity index (χ1n) is 14.1. The van der Waals surface area contributed by atoms with Gasteiger partial charge in [-0.2, -0.15) is 13.2 Å². The molecule has 0 bridgehead atoms. The van der Waals surface area contributed by atoms with Gasteiger partial charge in [-0.1, -0.05) is 30.3 Å². The number of halogens is 3. The molecular formula is C33H36F3NO4. The number of alkyl halides is 3. The van der Waals surface area contributed by atoms with Crippen LogP contribution in [-0.2, 0) is 11.0 Å². The molecule has 1 fully saturated rings. The van der Waals surface area contributed by atoms with Crippen LogP contribution < -0.4 is 14.2 Å². The van der Waals surface area contributed by atoms with Crippen LogP contribution in [0.4, 0.5) is 13.2 Å². The molecule has 3 aromatic carbocycles. The number of rotatable bonds is 7. The maximum Gasteiger partial charge on any atom is 0.416 e. The van der Waals surface area contributed by atoms with E-state index in [1.807, 2.05) is 30.3 Å². The van der Waals surface area contributed by atoms with Crippen LogP contribution in [0.25, 0.3) is 0 Å². The maximum absolute atomic E-state index is 13.2. The first-order valence-corrected chi connectivity index (χ1v) is 14.1. The predicted molar refractivity (Wildman–Crippen MR) is 151 cm³/mol. The van der Waals surface area contributed by atoms with Crippen LogP contribution in [-0.4, -0.2) is 43.7 Å². The summed E-state index contributed by atoms with van der Waals surface area (Å²) in [6.07, 6.45) is -1.93. The number of ether oxygens (including phenoxy) is 3. The highest BCUT2D eigenvalue weighted by Crippen LogP contribution is 2.47. The molecule has 0 radical (unpaired) electrons. The number of carbonyl (C=O) groups excluding carboxylic acids is 1. The van der Waals surface area contributed by atoms with Crippen LogP contribution >= 0.6 is 0 Å². The van der Waals surface area contributed by atoms with E-state index < -0.39 is 17.2 Å². The number of fused-ring (bicyclic) bond motifs is 1. The second-order valence-corrected chi connectivity index (χ2v) is 11.8. The highest BCUT2D eigenvalue weighted by atomic mass is 19.4. The summed E-state index contributed by atoms with van der Waals surface area (Å²) in [5.74, 6) is 0.972. The van der Waals surface area contributed by atoms with E-state index in [0.717, 1.165) is 54.2 Å². The van der Waals surface area contributed by atoms with Crippen molar-refractivity contribution in [3.63, 3.8) is 0 Å². The minimum Gasteiger partial charge on any atom is -0.492 e. The van der Waals surface area contributed by atoms with Gasteiger partial charge in [0.25, 0.3) is 0 Å². The van der Waals surface area contributed by atoms with Crippen molar-refractivity contribution in [3.05, 3.63) is 89.0 Å². The van der Waals surface area contributed by atoms with Crippen LogP contribution in [0, 0.1) is 5.41 Å². The summed E-state index contributed by atoms with van der Waals surface area (Å²) in [5.41, 5.74) is 1.27. The molecule has 1 saturated heterocycles. The van der Waals surface area contributed by atoms with Gasteiger partial charge < -0.3 is 14.2 Å². The predicted octanol–water partition coefficient (Wildman–Crippen LogP) is 7.44. The number of likely N-dealkylation sites (tertiary alicyclic amines) is 1. The minimum atomic E-state index is -4.40. The highest BCUT2D eigenvalue weighted by Gasteiger charge is 2.36.